The van der Waals surface area contributed by atoms with E-state index in [1.807, 2.05) is 35.9 Å². The Morgan fingerprint density at radius 2 is 2.18 bits per heavy atom. The van der Waals surface area contributed by atoms with E-state index >= 15 is 0 Å². The molecule has 0 radical (unpaired) electrons. The molecule has 1 aliphatic heterocycles. The fraction of sp³-hybridized carbons (Fsp3) is 0.375. The van der Waals surface area contributed by atoms with Crippen molar-refractivity contribution >= 4 is 24.1 Å². The second-order valence-electron chi connectivity index (χ2n) is 5.49. The zero-order chi connectivity index (χ0) is 14.7. The number of halogens is 1. The number of anilines is 1. The first-order chi connectivity index (χ1) is 10.2. The Bertz CT molecular complexity index is 620. The number of aryl methyl sites for hydroxylation is 1. The van der Waals surface area contributed by atoms with Crippen molar-refractivity contribution in [2.45, 2.75) is 19.9 Å². The van der Waals surface area contributed by atoms with Crippen molar-refractivity contribution in [3.8, 4) is 0 Å². The molecule has 118 valence electrons. The summed E-state index contributed by atoms with van der Waals surface area (Å²) in [5, 5.41) is 10.7. The van der Waals surface area contributed by atoms with E-state index in [9.17, 15) is 4.79 Å². The van der Waals surface area contributed by atoms with Crippen LogP contribution in [0.2, 0.25) is 0 Å². The van der Waals surface area contributed by atoms with Crippen LogP contribution in [0.25, 0.3) is 0 Å². The molecule has 2 aromatic rings. The maximum Gasteiger partial charge on any atom is 0.229 e. The summed E-state index contributed by atoms with van der Waals surface area (Å²) in [6.07, 6.45) is 0.900. The number of benzene rings is 1. The van der Waals surface area contributed by atoms with Crippen LogP contribution in [0.3, 0.4) is 0 Å². The molecule has 1 fully saturated rings. The molecule has 2 N–H and O–H groups in total. The van der Waals surface area contributed by atoms with E-state index < -0.39 is 0 Å². The van der Waals surface area contributed by atoms with Crippen LogP contribution in [-0.4, -0.2) is 28.8 Å². The lowest BCUT2D eigenvalue weighted by Crippen LogP contribution is -2.26. The first-order valence-corrected chi connectivity index (χ1v) is 7.32. The van der Waals surface area contributed by atoms with Gasteiger partial charge in [-0.25, -0.2) is 4.68 Å². The van der Waals surface area contributed by atoms with Crippen molar-refractivity contribution in [1.29, 1.82) is 0 Å². The van der Waals surface area contributed by atoms with Gasteiger partial charge in [0.05, 0.1) is 18.2 Å². The number of aromatic nitrogens is 2. The van der Waals surface area contributed by atoms with Crippen LogP contribution in [0.5, 0.6) is 0 Å². The van der Waals surface area contributed by atoms with Crippen molar-refractivity contribution in [3.63, 3.8) is 0 Å². The normalized spacial score (nSPS) is 17.0. The Hall–Kier alpha value is -1.85. The van der Waals surface area contributed by atoms with E-state index in [0.29, 0.717) is 6.54 Å². The third-order valence-corrected chi connectivity index (χ3v) is 3.76. The van der Waals surface area contributed by atoms with Crippen molar-refractivity contribution in [2.75, 3.05) is 18.4 Å². The summed E-state index contributed by atoms with van der Waals surface area (Å²) >= 11 is 0. The van der Waals surface area contributed by atoms with E-state index in [4.69, 9.17) is 0 Å². The molecule has 1 atom stereocenters. The predicted molar refractivity (Wildman–Crippen MR) is 89.4 cm³/mol. The largest absolute Gasteiger partial charge is 0.316 e. The number of hydrogen-bond donors (Lipinski definition) is 2. The quantitative estimate of drug-likeness (QED) is 0.908. The molecule has 2 heterocycles. The summed E-state index contributed by atoms with van der Waals surface area (Å²) in [5.74, 6) is 0.910. The first kappa shape index (κ1) is 16.5. The molecule has 22 heavy (non-hydrogen) atoms. The van der Waals surface area contributed by atoms with Crippen molar-refractivity contribution in [1.82, 2.24) is 15.1 Å². The van der Waals surface area contributed by atoms with E-state index in [0.717, 1.165) is 31.0 Å². The van der Waals surface area contributed by atoms with E-state index in [1.54, 1.807) is 0 Å². The van der Waals surface area contributed by atoms with E-state index in [2.05, 4.69) is 27.9 Å². The third kappa shape index (κ3) is 3.87. The van der Waals surface area contributed by atoms with Crippen LogP contribution in [0.1, 0.15) is 17.7 Å². The van der Waals surface area contributed by atoms with Gasteiger partial charge in [-0.15, -0.1) is 12.4 Å². The molecule has 1 aliphatic rings. The van der Waals surface area contributed by atoms with Crippen LogP contribution < -0.4 is 10.6 Å². The van der Waals surface area contributed by atoms with Gasteiger partial charge in [0.25, 0.3) is 0 Å². The Kier molecular flexibility index (Phi) is 5.57. The van der Waals surface area contributed by atoms with Gasteiger partial charge < -0.3 is 10.6 Å². The summed E-state index contributed by atoms with van der Waals surface area (Å²) in [7, 11) is 0. The summed E-state index contributed by atoms with van der Waals surface area (Å²) in [6.45, 7) is 4.28. The molecule has 3 rings (SSSR count). The second kappa shape index (κ2) is 7.42. The molecule has 1 aromatic heterocycles. The van der Waals surface area contributed by atoms with Gasteiger partial charge >= 0.3 is 0 Å². The summed E-state index contributed by atoms with van der Waals surface area (Å²) in [6, 6.07) is 12.0. The minimum Gasteiger partial charge on any atom is -0.316 e. The van der Waals surface area contributed by atoms with Crippen molar-refractivity contribution < 1.29 is 4.79 Å². The highest BCUT2D eigenvalue weighted by Gasteiger charge is 2.23. The molecule has 1 unspecified atom stereocenters. The third-order valence-electron chi connectivity index (χ3n) is 3.76. The molecule has 0 saturated carbocycles. The van der Waals surface area contributed by atoms with Crippen LogP contribution in [0, 0.1) is 12.8 Å². The number of amides is 1. The Balaban J connectivity index is 0.00000176. The monoisotopic (exact) mass is 320 g/mol. The summed E-state index contributed by atoms with van der Waals surface area (Å²) in [5.41, 5.74) is 2.07. The Morgan fingerprint density at radius 3 is 2.86 bits per heavy atom. The lowest BCUT2D eigenvalue weighted by atomic mass is 10.1. The molecular weight excluding hydrogens is 300 g/mol. The molecule has 0 bridgehead atoms. The average molecular weight is 321 g/mol. The molecular formula is C16H21ClN4O. The topological polar surface area (TPSA) is 59.0 Å². The number of rotatable bonds is 4. The standard InChI is InChI=1S/C16H20N4O.ClH/c1-12-9-15(18-16(21)14-7-8-17-10-14)20(19-12)11-13-5-3-2-4-6-13;/h2-6,9,14,17H,7-8,10-11H2,1H3,(H,18,21);1H. The molecule has 1 amide bonds. The average Bonchev–Trinajstić information content (AvgIpc) is 3.11. The Morgan fingerprint density at radius 1 is 1.41 bits per heavy atom. The first-order valence-electron chi connectivity index (χ1n) is 7.32. The van der Waals surface area contributed by atoms with Gasteiger partial charge in [-0.3, -0.25) is 4.79 Å². The van der Waals surface area contributed by atoms with E-state index in [-0.39, 0.29) is 24.2 Å². The zero-order valence-electron chi connectivity index (χ0n) is 12.6. The maximum absolute atomic E-state index is 12.2. The lowest BCUT2D eigenvalue weighted by Gasteiger charge is -2.12. The molecule has 0 aliphatic carbocycles. The minimum absolute atomic E-state index is 0. The van der Waals surface area contributed by atoms with Gasteiger partial charge in [-0.2, -0.15) is 5.10 Å². The zero-order valence-corrected chi connectivity index (χ0v) is 13.4. The van der Waals surface area contributed by atoms with Crippen molar-refractivity contribution in [2.24, 2.45) is 5.92 Å². The number of hydrogen-bond acceptors (Lipinski definition) is 3. The molecule has 0 spiro atoms. The van der Waals surface area contributed by atoms with Crippen LogP contribution >= 0.6 is 12.4 Å². The van der Waals surface area contributed by atoms with Gasteiger partial charge in [0.15, 0.2) is 0 Å². The molecule has 1 saturated heterocycles. The fourth-order valence-electron chi connectivity index (χ4n) is 2.63. The molecule has 1 aromatic carbocycles. The molecule has 6 heteroatoms. The van der Waals surface area contributed by atoms with Gasteiger partial charge in [-0.1, -0.05) is 30.3 Å². The number of nitrogens with one attached hydrogen (secondary N) is 2. The highest BCUT2D eigenvalue weighted by molar-refractivity contribution is 5.92. The van der Waals surface area contributed by atoms with Crippen LogP contribution in [0.15, 0.2) is 36.4 Å². The van der Waals surface area contributed by atoms with Gasteiger partial charge in [-0.05, 0) is 25.5 Å². The SMILES string of the molecule is Cc1cc(NC(=O)C2CCNC2)n(Cc2ccccc2)n1.Cl. The smallest absolute Gasteiger partial charge is 0.229 e. The highest BCUT2D eigenvalue weighted by atomic mass is 35.5. The Labute approximate surface area is 136 Å². The van der Waals surface area contributed by atoms with Crippen LogP contribution in [0.4, 0.5) is 5.82 Å². The summed E-state index contributed by atoms with van der Waals surface area (Å²) in [4.78, 5) is 12.2. The fourth-order valence-corrected chi connectivity index (χ4v) is 2.63. The highest BCUT2D eigenvalue weighted by Crippen LogP contribution is 2.16. The van der Waals surface area contributed by atoms with Gasteiger partial charge in [0.2, 0.25) is 5.91 Å². The van der Waals surface area contributed by atoms with Crippen molar-refractivity contribution in [3.05, 3.63) is 47.7 Å². The van der Waals surface area contributed by atoms with Crippen LogP contribution in [-0.2, 0) is 11.3 Å². The molecule has 5 nitrogen and oxygen atoms in total. The second-order valence-corrected chi connectivity index (χ2v) is 5.49. The number of carbonyl (C=O) groups is 1. The summed E-state index contributed by atoms with van der Waals surface area (Å²) < 4.78 is 1.85. The minimum atomic E-state index is 0. The number of carbonyl (C=O) groups excluding carboxylic acids is 1. The van der Waals surface area contributed by atoms with E-state index in [1.165, 1.54) is 5.56 Å². The van der Waals surface area contributed by atoms with Gasteiger partial charge in [0.1, 0.15) is 5.82 Å². The maximum atomic E-state index is 12.2. The lowest BCUT2D eigenvalue weighted by molar-refractivity contribution is -0.119. The van der Waals surface area contributed by atoms with Gasteiger partial charge in [0, 0.05) is 12.6 Å². The predicted octanol–water partition coefficient (Wildman–Crippen LogP) is 2.21. The number of nitrogens with zero attached hydrogens (tertiary/aromatic N) is 2.